The predicted molar refractivity (Wildman–Crippen MR) is 245 cm³/mol. The number of aliphatic hydroxyl groups is 2. The second-order valence-corrected chi connectivity index (χ2v) is 16.2. The third kappa shape index (κ3) is 10.8. The summed E-state index contributed by atoms with van der Waals surface area (Å²) in [7, 11) is 4.51. The average Bonchev–Trinajstić information content (AvgIpc) is 3.31. The summed E-state index contributed by atoms with van der Waals surface area (Å²) in [5.41, 5.74) is 3.19. The van der Waals surface area contributed by atoms with Gasteiger partial charge in [-0.3, -0.25) is 20.2 Å². The maximum atomic E-state index is 14.6. The van der Waals surface area contributed by atoms with Crippen molar-refractivity contribution in [1.29, 1.82) is 0 Å². The zero-order valence-electron chi connectivity index (χ0n) is 37.5. The Hall–Kier alpha value is -6.23. The van der Waals surface area contributed by atoms with E-state index in [4.69, 9.17) is 28.5 Å². The monoisotopic (exact) mass is 896 g/mol. The quantitative estimate of drug-likeness (QED) is 0.0286. The molecule has 3 aromatic carbocycles. The van der Waals surface area contributed by atoms with Crippen LogP contribution in [0.5, 0.6) is 23.0 Å². The molecule has 65 heavy (non-hydrogen) atoms. The fourth-order valence-corrected chi connectivity index (χ4v) is 9.60. The summed E-state index contributed by atoms with van der Waals surface area (Å²) in [4.78, 5) is 46.3. The van der Waals surface area contributed by atoms with Crippen molar-refractivity contribution in [3.05, 3.63) is 112 Å². The van der Waals surface area contributed by atoms with Gasteiger partial charge >= 0.3 is 6.09 Å². The molecule has 16 nitrogen and oxygen atoms in total. The number of fused-ring (bicyclic) bond motifs is 2. The molecule has 6 rings (SSSR count). The Kier molecular flexibility index (Phi) is 16.8. The lowest BCUT2D eigenvalue weighted by Gasteiger charge is -2.60. The summed E-state index contributed by atoms with van der Waals surface area (Å²) in [6.45, 7) is 6.46. The summed E-state index contributed by atoms with van der Waals surface area (Å²) in [5.74, 6) is -1.13. The molecule has 0 saturated heterocycles. The summed E-state index contributed by atoms with van der Waals surface area (Å²) < 4.78 is 31.0. The van der Waals surface area contributed by atoms with E-state index in [1.807, 2.05) is 13.0 Å². The van der Waals surface area contributed by atoms with E-state index >= 15 is 0 Å². The first-order valence-corrected chi connectivity index (χ1v) is 22.1. The number of ether oxygens (including phenoxy) is 5. The largest absolute Gasteiger partial charge is 0.497 e. The van der Waals surface area contributed by atoms with Crippen molar-refractivity contribution in [2.24, 2.45) is 22.9 Å². The number of aliphatic hydroxyl groups excluding tert-OH is 2. The number of non-ortho nitro benzene ring substituents is 1. The first-order valence-electron chi connectivity index (χ1n) is 22.1. The molecule has 0 spiro atoms. The van der Waals surface area contributed by atoms with Crippen LogP contribution in [-0.4, -0.2) is 97.3 Å². The molecule has 3 N–H and O–H groups in total. The van der Waals surface area contributed by atoms with Gasteiger partial charge in [-0.05, 0) is 104 Å². The predicted octanol–water partition coefficient (Wildman–Crippen LogP) is 8.44. The topological polar surface area (TPSA) is 201 Å². The highest BCUT2D eigenvalue weighted by Crippen LogP contribution is 2.62. The lowest BCUT2D eigenvalue weighted by atomic mass is 9.55. The van der Waals surface area contributed by atoms with Crippen molar-refractivity contribution < 1.29 is 53.2 Å². The summed E-state index contributed by atoms with van der Waals surface area (Å²) in [6.07, 6.45) is 11.2. The van der Waals surface area contributed by atoms with Crippen molar-refractivity contribution in [2.75, 3.05) is 53.0 Å². The molecule has 0 radical (unpaired) electrons. The number of nitrogens with zero attached hydrogens (tertiary/aromatic N) is 3. The van der Waals surface area contributed by atoms with Crippen LogP contribution in [0, 0.1) is 27.9 Å². The Morgan fingerprint density at radius 1 is 1.00 bits per heavy atom. The first-order chi connectivity index (χ1) is 31.5. The molecular formula is C49H60N4O12. The van der Waals surface area contributed by atoms with Gasteiger partial charge < -0.3 is 43.6 Å². The number of unbranched alkanes of at least 4 members (excludes halogenated alkanes) is 2. The molecule has 3 aromatic rings. The van der Waals surface area contributed by atoms with E-state index in [0.717, 1.165) is 30.4 Å². The third-order valence-corrected chi connectivity index (χ3v) is 12.3. The maximum absolute atomic E-state index is 14.6. The highest BCUT2D eigenvalue weighted by atomic mass is 16.7. The van der Waals surface area contributed by atoms with E-state index < -0.39 is 28.8 Å². The fourth-order valence-electron chi connectivity index (χ4n) is 9.60. The Labute approximate surface area is 379 Å². The molecule has 2 aliphatic carbocycles. The maximum Gasteiger partial charge on any atom is 0.417 e. The van der Waals surface area contributed by atoms with E-state index in [2.05, 4.69) is 23.1 Å². The number of benzene rings is 3. The number of rotatable bonds is 22. The summed E-state index contributed by atoms with van der Waals surface area (Å²) in [6, 6.07) is 15.4. The number of allylic oxidation sites excluding steroid dienone is 1. The number of nitro groups is 1. The van der Waals surface area contributed by atoms with Gasteiger partial charge in [0, 0.05) is 61.9 Å². The molecule has 0 aromatic heterocycles. The van der Waals surface area contributed by atoms with E-state index in [-0.39, 0.29) is 61.3 Å². The normalized spacial score (nSPS) is 22.5. The zero-order valence-corrected chi connectivity index (χ0v) is 37.5. The van der Waals surface area contributed by atoms with Crippen molar-refractivity contribution >= 4 is 35.2 Å². The second-order valence-electron chi connectivity index (χ2n) is 16.2. The smallest absolute Gasteiger partial charge is 0.417 e. The van der Waals surface area contributed by atoms with Gasteiger partial charge in [-0.1, -0.05) is 37.1 Å². The minimum atomic E-state index is -1.49. The Morgan fingerprint density at radius 3 is 2.40 bits per heavy atom. The van der Waals surface area contributed by atoms with Crippen LogP contribution in [0.15, 0.2) is 96.2 Å². The number of hydrogen-bond donors (Lipinski definition) is 3. The van der Waals surface area contributed by atoms with Crippen LogP contribution in [0.1, 0.15) is 75.3 Å². The summed E-state index contributed by atoms with van der Waals surface area (Å²) >= 11 is 0. The Morgan fingerprint density at radius 2 is 1.74 bits per heavy atom. The molecule has 2 amide bonds. The number of hydrogen-bond acceptors (Lipinski definition) is 13. The molecule has 1 aliphatic heterocycles. The minimum absolute atomic E-state index is 0.00781. The van der Waals surface area contributed by atoms with Crippen LogP contribution in [-0.2, 0) is 14.4 Å². The van der Waals surface area contributed by atoms with E-state index in [1.54, 1.807) is 59.5 Å². The van der Waals surface area contributed by atoms with Crippen molar-refractivity contribution in [1.82, 2.24) is 4.90 Å². The number of anilines is 1. The average molecular weight is 897 g/mol. The highest BCUT2D eigenvalue weighted by Gasteiger charge is 2.65. The SMILES string of the molecule is C=CCOC12Oc3ccc(OC(=O)Nc4ccc(OC)cc4OC)cc3C3C(CCCCO)C(CCCCO)C=C(C(=NOC)CC1N(CCC)C(=O)C=Cc1ccc([N+](=O)[O-])cc1)C32. The van der Waals surface area contributed by atoms with Gasteiger partial charge in [0.15, 0.2) is 0 Å². The Balaban J connectivity index is 1.50. The molecule has 1 heterocycles. The molecule has 16 heteroatoms. The van der Waals surface area contributed by atoms with Gasteiger partial charge in [0.2, 0.25) is 11.7 Å². The number of nitro benzene ring substituents is 1. The number of nitrogens with one attached hydrogen (secondary N) is 1. The van der Waals surface area contributed by atoms with Crippen LogP contribution in [0.3, 0.4) is 0 Å². The standard InChI is InChI=1S/C49H60N4O12/c1-6-24-52(45(56)23-16-32-14-17-34(18-15-32)53(58)59)44-31-41(51-62-5)38-28-33(12-8-10-25-54)37(13-9-11-26-55)46-39-29-36(20-22-42(39)65-49(44,47(38)46)63-27-7-2)64-48(57)50-40-21-19-35(60-3)30-43(40)61-4/h7,14-23,28-30,33,37,44,46-47,54-55H,2,6,8-13,24-27,31H2,1,3-5H3,(H,50,57). The number of carbonyl (C=O) groups is 2. The highest BCUT2D eigenvalue weighted by molar-refractivity contribution is 6.03. The minimum Gasteiger partial charge on any atom is -0.497 e. The second kappa shape index (κ2) is 22.6. The molecular weight excluding hydrogens is 837 g/mol. The number of methoxy groups -OCH3 is 2. The van der Waals surface area contributed by atoms with Crippen molar-refractivity contribution in [2.45, 2.75) is 76.0 Å². The van der Waals surface area contributed by atoms with Gasteiger partial charge in [0.25, 0.3) is 5.69 Å². The van der Waals surface area contributed by atoms with Gasteiger partial charge in [0.05, 0.1) is 43.1 Å². The van der Waals surface area contributed by atoms with Gasteiger partial charge in [-0.2, -0.15) is 0 Å². The lowest BCUT2D eigenvalue weighted by Crippen LogP contribution is -2.70. The molecule has 348 valence electrons. The first kappa shape index (κ1) is 48.2. The number of oxime groups is 1. The van der Waals surface area contributed by atoms with Crippen LogP contribution in [0.25, 0.3) is 6.08 Å². The Bertz CT molecular complexity index is 2240. The van der Waals surface area contributed by atoms with E-state index in [0.29, 0.717) is 66.4 Å². The van der Waals surface area contributed by atoms with E-state index in [1.165, 1.54) is 39.5 Å². The van der Waals surface area contributed by atoms with Crippen LogP contribution >= 0.6 is 0 Å². The molecule has 3 aliphatic rings. The molecule has 6 unspecified atom stereocenters. The molecule has 6 atom stereocenters. The third-order valence-electron chi connectivity index (χ3n) is 12.3. The number of amides is 2. The molecule has 1 fully saturated rings. The van der Waals surface area contributed by atoms with Gasteiger partial charge in [0.1, 0.15) is 36.1 Å². The number of carbonyl (C=O) groups excluding carboxylic acids is 2. The van der Waals surface area contributed by atoms with Crippen LogP contribution in [0.4, 0.5) is 16.2 Å². The lowest BCUT2D eigenvalue weighted by molar-refractivity contribution is -0.384. The molecule has 1 saturated carbocycles. The van der Waals surface area contributed by atoms with E-state index in [9.17, 15) is 29.9 Å². The molecule has 0 bridgehead atoms. The van der Waals surface area contributed by atoms with Crippen LogP contribution in [0.2, 0.25) is 0 Å². The summed E-state index contributed by atoms with van der Waals surface area (Å²) in [5, 5.41) is 38.5. The van der Waals surface area contributed by atoms with Crippen molar-refractivity contribution in [3.63, 3.8) is 0 Å². The van der Waals surface area contributed by atoms with Crippen LogP contribution < -0.4 is 24.3 Å². The zero-order chi connectivity index (χ0) is 46.5. The fraction of sp³-hybridized carbons (Fsp3) is 0.449. The van der Waals surface area contributed by atoms with Crippen molar-refractivity contribution in [3.8, 4) is 23.0 Å². The van der Waals surface area contributed by atoms with Gasteiger partial charge in [-0.15, -0.1) is 6.58 Å². The van der Waals surface area contributed by atoms with Gasteiger partial charge in [-0.25, -0.2) is 4.79 Å².